The SMILES string of the molecule is CC(C)OC(=O)NC1CCC[C@H]1O. The number of aliphatic hydroxyl groups is 1. The van der Waals surface area contributed by atoms with Crippen LogP contribution in [0.4, 0.5) is 4.79 Å². The van der Waals surface area contributed by atoms with Crippen LogP contribution < -0.4 is 5.32 Å². The van der Waals surface area contributed by atoms with Crippen molar-refractivity contribution in [2.24, 2.45) is 0 Å². The van der Waals surface area contributed by atoms with Crippen LogP contribution in [0, 0.1) is 0 Å². The molecule has 2 N–H and O–H groups in total. The highest BCUT2D eigenvalue weighted by Crippen LogP contribution is 2.18. The average molecular weight is 187 g/mol. The van der Waals surface area contributed by atoms with Gasteiger partial charge in [-0.15, -0.1) is 0 Å². The lowest BCUT2D eigenvalue weighted by atomic mass is 10.2. The summed E-state index contributed by atoms with van der Waals surface area (Å²) in [7, 11) is 0. The maximum Gasteiger partial charge on any atom is 0.407 e. The zero-order valence-electron chi connectivity index (χ0n) is 8.12. The summed E-state index contributed by atoms with van der Waals surface area (Å²) < 4.78 is 4.90. The van der Waals surface area contributed by atoms with Gasteiger partial charge in [0, 0.05) is 0 Å². The zero-order valence-corrected chi connectivity index (χ0v) is 8.12. The first-order valence-electron chi connectivity index (χ1n) is 4.75. The van der Waals surface area contributed by atoms with E-state index in [1.165, 1.54) is 0 Å². The summed E-state index contributed by atoms with van der Waals surface area (Å²) in [5.41, 5.74) is 0. The highest BCUT2D eigenvalue weighted by atomic mass is 16.6. The van der Waals surface area contributed by atoms with E-state index in [0.717, 1.165) is 19.3 Å². The predicted molar refractivity (Wildman–Crippen MR) is 48.4 cm³/mol. The summed E-state index contributed by atoms with van der Waals surface area (Å²) in [5.74, 6) is 0. The lowest BCUT2D eigenvalue weighted by molar-refractivity contribution is 0.0970. The van der Waals surface area contributed by atoms with Gasteiger partial charge in [-0.2, -0.15) is 0 Å². The number of hydrogen-bond acceptors (Lipinski definition) is 3. The number of amides is 1. The van der Waals surface area contributed by atoms with Crippen molar-refractivity contribution < 1.29 is 14.6 Å². The Hall–Kier alpha value is -0.770. The van der Waals surface area contributed by atoms with Crippen LogP contribution in [0.5, 0.6) is 0 Å². The van der Waals surface area contributed by atoms with Crippen LogP contribution in [0.3, 0.4) is 0 Å². The molecule has 13 heavy (non-hydrogen) atoms. The molecule has 0 aromatic rings. The molecule has 2 atom stereocenters. The molecule has 0 aliphatic heterocycles. The van der Waals surface area contributed by atoms with E-state index in [1.807, 2.05) is 0 Å². The Kier molecular flexibility index (Phi) is 3.54. The molecule has 1 rings (SSSR count). The van der Waals surface area contributed by atoms with E-state index in [1.54, 1.807) is 13.8 Å². The molecule has 0 saturated heterocycles. The number of rotatable bonds is 2. The van der Waals surface area contributed by atoms with E-state index in [9.17, 15) is 9.90 Å². The quantitative estimate of drug-likeness (QED) is 0.679. The van der Waals surface area contributed by atoms with Crippen LogP contribution in [-0.2, 0) is 4.74 Å². The van der Waals surface area contributed by atoms with Gasteiger partial charge in [0.15, 0.2) is 0 Å². The van der Waals surface area contributed by atoms with Gasteiger partial charge in [0.2, 0.25) is 0 Å². The fourth-order valence-corrected chi connectivity index (χ4v) is 1.51. The number of hydrogen-bond donors (Lipinski definition) is 2. The van der Waals surface area contributed by atoms with Crippen molar-refractivity contribution in [2.45, 2.75) is 51.4 Å². The molecular formula is C9H17NO3. The third-order valence-electron chi connectivity index (χ3n) is 2.13. The Labute approximate surface area is 78.3 Å². The van der Waals surface area contributed by atoms with Crippen molar-refractivity contribution in [2.75, 3.05) is 0 Å². The smallest absolute Gasteiger partial charge is 0.407 e. The Morgan fingerprint density at radius 1 is 1.54 bits per heavy atom. The molecule has 4 heteroatoms. The van der Waals surface area contributed by atoms with Gasteiger partial charge in [-0.25, -0.2) is 4.79 Å². The fourth-order valence-electron chi connectivity index (χ4n) is 1.51. The molecule has 0 heterocycles. The first-order chi connectivity index (χ1) is 6.09. The number of alkyl carbamates (subject to hydrolysis) is 1. The number of aliphatic hydroxyl groups excluding tert-OH is 1. The maximum atomic E-state index is 11.1. The van der Waals surface area contributed by atoms with Crippen molar-refractivity contribution in [1.82, 2.24) is 5.32 Å². The minimum atomic E-state index is -0.430. The number of carbonyl (C=O) groups excluding carboxylic acids is 1. The molecule has 1 unspecified atom stereocenters. The molecule has 0 aromatic carbocycles. The molecule has 1 aliphatic rings. The molecule has 76 valence electrons. The average Bonchev–Trinajstić information content (AvgIpc) is 2.34. The van der Waals surface area contributed by atoms with Crippen molar-refractivity contribution >= 4 is 6.09 Å². The molecule has 1 aliphatic carbocycles. The zero-order chi connectivity index (χ0) is 9.84. The van der Waals surface area contributed by atoms with Crippen LogP contribution in [-0.4, -0.2) is 29.4 Å². The van der Waals surface area contributed by atoms with E-state index in [-0.39, 0.29) is 12.1 Å². The minimum absolute atomic E-state index is 0.112. The van der Waals surface area contributed by atoms with Gasteiger partial charge in [0.1, 0.15) is 0 Å². The molecule has 1 fully saturated rings. The third kappa shape index (κ3) is 3.22. The Balaban J connectivity index is 2.27. The fraction of sp³-hybridized carbons (Fsp3) is 0.889. The van der Waals surface area contributed by atoms with Crippen molar-refractivity contribution in [3.05, 3.63) is 0 Å². The summed E-state index contributed by atoms with van der Waals surface area (Å²) in [5, 5.41) is 12.1. The Bertz CT molecular complexity index is 182. The summed E-state index contributed by atoms with van der Waals surface area (Å²) in [6.07, 6.45) is 1.63. The Morgan fingerprint density at radius 2 is 2.23 bits per heavy atom. The first-order valence-corrected chi connectivity index (χ1v) is 4.75. The van der Waals surface area contributed by atoms with E-state index in [0.29, 0.717) is 0 Å². The molecule has 0 bridgehead atoms. The summed E-state index contributed by atoms with van der Waals surface area (Å²) >= 11 is 0. The lowest BCUT2D eigenvalue weighted by Crippen LogP contribution is -2.40. The van der Waals surface area contributed by atoms with Gasteiger partial charge < -0.3 is 15.2 Å². The van der Waals surface area contributed by atoms with E-state index < -0.39 is 12.2 Å². The second kappa shape index (κ2) is 4.46. The van der Waals surface area contributed by atoms with Gasteiger partial charge in [0.05, 0.1) is 18.2 Å². The molecule has 1 saturated carbocycles. The minimum Gasteiger partial charge on any atom is -0.447 e. The van der Waals surface area contributed by atoms with Gasteiger partial charge in [-0.1, -0.05) is 0 Å². The van der Waals surface area contributed by atoms with Gasteiger partial charge in [-0.05, 0) is 33.1 Å². The van der Waals surface area contributed by atoms with Crippen molar-refractivity contribution in [1.29, 1.82) is 0 Å². The maximum absolute atomic E-state index is 11.1. The predicted octanol–water partition coefficient (Wildman–Crippen LogP) is 1.03. The monoisotopic (exact) mass is 187 g/mol. The highest BCUT2D eigenvalue weighted by Gasteiger charge is 2.27. The van der Waals surface area contributed by atoms with Crippen molar-refractivity contribution in [3.63, 3.8) is 0 Å². The number of nitrogens with one attached hydrogen (secondary N) is 1. The van der Waals surface area contributed by atoms with Crippen molar-refractivity contribution in [3.8, 4) is 0 Å². The van der Waals surface area contributed by atoms with Gasteiger partial charge >= 0.3 is 6.09 Å². The molecule has 0 spiro atoms. The number of carbonyl (C=O) groups is 1. The lowest BCUT2D eigenvalue weighted by Gasteiger charge is -2.17. The number of ether oxygens (including phenoxy) is 1. The summed E-state index contributed by atoms with van der Waals surface area (Å²) in [6.45, 7) is 3.59. The van der Waals surface area contributed by atoms with Crippen LogP contribution in [0.25, 0.3) is 0 Å². The van der Waals surface area contributed by atoms with Gasteiger partial charge in [0.25, 0.3) is 0 Å². The third-order valence-corrected chi connectivity index (χ3v) is 2.13. The molecule has 4 nitrogen and oxygen atoms in total. The van der Waals surface area contributed by atoms with E-state index >= 15 is 0 Å². The standard InChI is InChI=1S/C9H17NO3/c1-6(2)13-9(12)10-7-4-3-5-8(7)11/h6-8,11H,3-5H2,1-2H3,(H,10,12)/t7?,8-/m1/s1. The largest absolute Gasteiger partial charge is 0.447 e. The Morgan fingerprint density at radius 3 is 2.69 bits per heavy atom. The topological polar surface area (TPSA) is 58.6 Å². The second-order valence-corrected chi connectivity index (χ2v) is 3.70. The van der Waals surface area contributed by atoms with E-state index in [4.69, 9.17) is 4.74 Å². The first kappa shape index (κ1) is 10.3. The summed E-state index contributed by atoms with van der Waals surface area (Å²) in [6, 6.07) is -0.119. The molecule has 0 aromatic heterocycles. The van der Waals surface area contributed by atoms with Gasteiger partial charge in [-0.3, -0.25) is 0 Å². The normalized spacial score (nSPS) is 27.7. The van der Waals surface area contributed by atoms with Crippen LogP contribution in [0.1, 0.15) is 33.1 Å². The highest BCUT2D eigenvalue weighted by molar-refractivity contribution is 5.67. The second-order valence-electron chi connectivity index (χ2n) is 3.70. The summed E-state index contributed by atoms with van der Waals surface area (Å²) in [4.78, 5) is 11.1. The van der Waals surface area contributed by atoms with Crippen LogP contribution in [0.2, 0.25) is 0 Å². The van der Waals surface area contributed by atoms with E-state index in [2.05, 4.69) is 5.32 Å². The molecule has 0 radical (unpaired) electrons. The molecular weight excluding hydrogens is 170 g/mol. The molecule has 1 amide bonds. The van der Waals surface area contributed by atoms with Crippen LogP contribution >= 0.6 is 0 Å². The van der Waals surface area contributed by atoms with Crippen LogP contribution in [0.15, 0.2) is 0 Å².